The Hall–Kier alpha value is -5.22. The van der Waals surface area contributed by atoms with Crippen molar-refractivity contribution in [3.8, 4) is 0 Å². The van der Waals surface area contributed by atoms with Gasteiger partial charge in [-0.2, -0.15) is 0 Å². The number of benzene rings is 4. The van der Waals surface area contributed by atoms with E-state index >= 15 is 0 Å². The molecule has 8 bridgehead atoms. The van der Waals surface area contributed by atoms with Gasteiger partial charge in [-0.3, -0.25) is 0 Å². The first-order valence-corrected chi connectivity index (χ1v) is 12.9. The molecule has 0 aliphatic rings. The zero-order valence-corrected chi connectivity index (χ0v) is 20.3. The number of aromatic amines is 2. The normalized spacial score (nSPS) is 12.2. The maximum Gasteiger partial charge on any atom is 0.0730 e. The molecule has 0 radical (unpaired) electrons. The van der Waals surface area contributed by atoms with E-state index in [0.29, 0.717) is 0 Å². The maximum absolute atomic E-state index is 5.20. The fourth-order valence-electron chi connectivity index (χ4n) is 6.22. The Morgan fingerprint density at radius 3 is 0.816 bits per heavy atom. The lowest BCUT2D eigenvalue weighted by atomic mass is 10.1. The Morgan fingerprint density at radius 1 is 0.289 bits per heavy atom. The van der Waals surface area contributed by atoms with Gasteiger partial charge in [0.2, 0.25) is 0 Å². The standard InChI is InChI=1S/C34H20N4/c1-7-19-20-8-2-12-24-29-17-6-18-30(36-29)26-14-4-10-22-21-9-3-13-25(33(21)38-34(22)26)28-16-5-15-27(35-28)23(11-1)31(19)37-32(20)24/h1-18,37-38H. The molecule has 0 saturated carbocycles. The monoisotopic (exact) mass is 484 g/mol. The van der Waals surface area contributed by atoms with Gasteiger partial charge >= 0.3 is 0 Å². The number of nitrogens with zero attached hydrogens (tertiary/aromatic N) is 2. The van der Waals surface area contributed by atoms with Gasteiger partial charge in [-0.1, -0.05) is 84.9 Å². The quantitative estimate of drug-likeness (QED) is 0.226. The molecule has 176 valence electrons. The van der Waals surface area contributed by atoms with E-state index in [1.54, 1.807) is 0 Å². The van der Waals surface area contributed by atoms with Crippen molar-refractivity contribution in [1.82, 2.24) is 19.9 Å². The van der Waals surface area contributed by atoms with E-state index in [4.69, 9.17) is 9.97 Å². The molecule has 0 spiro atoms. The van der Waals surface area contributed by atoms with Crippen LogP contribution in [0.15, 0.2) is 109 Å². The summed E-state index contributed by atoms with van der Waals surface area (Å²) in [6.45, 7) is 0. The molecule has 0 amide bonds. The molecule has 0 atom stereocenters. The number of pyridine rings is 2. The lowest BCUT2D eigenvalue weighted by molar-refractivity contribution is 1.48. The van der Waals surface area contributed by atoms with E-state index < -0.39 is 0 Å². The van der Waals surface area contributed by atoms with Gasteiger partial charge in [-0.05, 0) is 24.3 Å². The molecule has 4 heteroatoms. The molecule has 0 fully saturated rings. The summed E-state index contributed by atoms with van der Waals surface area (Å²) in [4.78, 5) is 17.9. The minimum Gasteiger partial charge on any atom is -0.353 e. The van der Waals surface area contributed by atoms with Crippen molar-refractivity contribution in [3.63, 3.8) is 0 Å². The van der Waals surface area contributed by atoms with Crippen molar-refractivity contribution in [1.29, 1.82) is 0 Å². The molecule has 0 aliphatic heterocycles. The molecule has 9 rings (SSSR count). The molecule has 0 saturated heterocycles. The van der Waals surface area contributed by atoms with Crippen molar-refractivity contribution in [2.24, 2.45) is 0 Å². The third-order valence-electron chi connectivity index (χ3n) is 7.94. The first kappa shape index (κ1) is 19.9. The Balaban J connectivity index is 1.65. The Labute approximate surface area is 216 Å². The molecule has 4 aromatic carbocycles. The highest BCUT2D eigenvalue weighted by Gasteiger charge is 2.12. The summed E-state index contributed by atoms with van der Waals surface area (Å²) in [6, 6.07) is 38.5. The van der Waals surface area contributed by atoms with Crippen molar-refractivity contribution in [3.05, 3.63) is 109 Å². The van der Waals surface area contributed by atoms with E-state index in [1.165, 1.54) is 21.5 Å². The molecule has 4 nitrogen and oxygen atoms in total. The Kier molecular flexibility index (Phi) is 3.76. The molecule has 9 aromatic rings. The molecule has 38 heavy (non-hydrogen) atoms. The van der Waals surface area contributed by atoms with Crippen LogP contribution < -0.4 is 0 Å². The van der Waals surface area contributed by atoms with Crippen LogP contribution in [0.25, 0.3) is 87.2 Å². The van der Waals surface area contributed by atoms with Gasteiger partial charge < -0.3 is 9.97 Å². The van der Waals surface area contributed by atoms with E-state index in [-0.39, 0.29) is 0 Å². The summed E-state index contributed by atoms with van der Waals surface area (Å²) >= 11 is 0. The highest BCUT2D eigenvalue weighted by Crippen LogP contribution is 2.35. The van der Waals surface area contributed by atoms with Gasteiger partial charge in [-0.25, -0.2) is 9.97 Å². The molecule has 2 N–H and O–H groups in total. The second-order valence-electron chi connectivity index (χ2n) is 9.98. The van der Waals surface area contributed by atoms with Crippen molar-refractivity contribution in [2.45, 2.75) is 0 Å². The van der Waals surface area contributed by atoms with Crippen LogP contribution >= 0.6 is 0 Å². The topological polar surface area (TPSA) is 57.4 Å². The van der Waals surface area contributed by atoms with Gasteiger partial charge in [0, 0.05) is 43.1 Å². The van der Waals surface area contributed by atoms with Crippen molar-refractivity contribution in [2.75, 3.05) is 0 Å². The molecule has 0 unspecified atom stereocenters. The number of hydrogen-bond donors (Lipinski definition) is 2. The van der Waals surface area contributed by atoms with E-state index in [0.717, 1.165) is 65.7 Å². The average Bonchev–Trinajstić information content (AvgIpc) is 3.55. The lowest BCUT2D eigenvalue weighted by Gasteiger charge is -2.00. The highest BCUT2D eigenvalue weighted by molar-refractivity contribution is 6.22. The van der Waals surface area contributed by atoms with Crippen LogP contribution in [0.3, 0.4) is 0 Å². The highest BCUT2D eigenvalue weighted by atomic mass is 14.8. The Morgan fingerprint density at radius 2 is 0.526 bits per heavy atom. The number of aromatic nitrogens is 4. The zero-order valence-electron chi connectivity index (χ0n) is 20.3. The Bertz CT molecular complexity index is 2130. The van der Waals surface area contributed by atoms with E-state index in [2.05, 4.69) is 119 Å². The van der Waals surface area contributed by atoms with Gasteiger partial charge in [0.15, 0.2) is 0 Å². The average molecular weight is 485 g/mol. The maximum atomic E-state index is 5.20. The fraction of sp³-hybridized carbons (Fsp3) is 0. The number of nitrogens with one attached hydrogen (secondary N) is 2. The van der Waals surface area contributed by atoms with E-state index in [1.807, 2.05) is 0 Å². The SMILES string of the molecule is c1cc2nc(c1)c1cccc3c4cccc(c5cccc(n5)c5cccc6c7cccc2c7[nH]c56)c4[nH]c13. The first-order valence-electron chi connectivity index (χ1n) is 12.9. The summed E-state index contributed by atoms with van der Waals surface area (Å²) in [5, 5.41) is 9.11. The second kappa shape index (κ2) is 7.17. The van der Waals surface area contributed by atoms with Crippen LogP contribution in [0.4, 0.5) is 0 Å². The van der Waals surface area contributed by atoms with Crippen LogP contribution in [-0.2, 0) is 0 Å². The molecule has 5 aromatic heterocycles. The van der Waals surface area contributed by atoms with Crippen LogP contribution in [0.5, 0.6) is 0 Å². The minimum atomic E-state index is 0.947. The summed E-state index contributed by atoms with van der Waals surface area (Å²) < 4.78 is 0. The van der Waals surface area contributed by atoms with Gasteiger partial charge in [0.1, 0.15) is 0 Å². The molecule has 5 heterocycles. The number of para-hydroxylation sites is 4. The van der Waals surface area contributed by atoms with Crippen molar-refractivity contribution >= 4 is 87.2 Å². The molecule has 0 aliphatic carbocycles. The van der Waals surface area contributed by atoms with Crippen LogP contribution in [0.2, 0.25) is 0 Å². The first-order chi connectivity index (χ1) is 18.8. The van der Waals surface area contributed by atoms with Gasteiger partial charge in [-0.15, -0.1) is 0 Å². The predicted molar refractivity (Wildman–Crippen MR) is 160 cm³/mol. The lowest BCUT2D eigenvalue weighted by Crippen LogP contribution is -1.82. The summed E-state index contributed by atoms with van der Waals surface area (Å²) in [7, 11) is 0. The third kappa shape index (κ3) is 2.58. The number of rotatable bonds is 0. The molecular weight excluding hydrogens is 464 g/mol. The number of H-pyrrole nitrogens is 2. The van der Waals surface area contributed by atoms with Crippen LogP contribution in [0.1, 0.15) is 0 Å². The summed E-state index contributed by atoms with van der Waals surface area (Å²) in [5.74, 6) is 0. The number of hydrogen-bond acceptors (Lipinski definition) is 2. The summed E-state index contributed by atoms with van der Waals surface area (Å²) in [6.07, 6.45) is 0. The largest absolute Gasteiger partial charge is 0.353 e. The molecular formula is C34H20N4. The predicted octanol–water partition coefficient (Wildman–Crippen LogP) is 8.92. The van der Waals surface area contributed by atoms with Gasteiger partial charge in [0.25, 0.3) is 0 Å². The van der Waals surface area contributed by atoms with Gasteiger partial charge in [0.05, 0.1) is 44.1 Å². The summed E-state index contributed by atoms with van der Waals surface area (Å²) in [5.41, 5.74) is 8.15. The minimum absolute atomic E-state index is 0.947. The smallest absolute Gasteiger partial charge is 0.0730 e. The second-order valence-corrected chi connectivity index (χ2v) is 9.98. The van der Waals surface area contributed by atoms with Crippen LogP contribution in [-0.4, -0.2) is 19.9 Å². The fourth-order valence-corrected chi connectivity index (χ4v) is 6.22. The van der Waals surface area contributed by atoms with Crippen molar-refractivity contribution < 1.29 is 0 Å². The van der Waals surface area contributed by atoms with Crippen LogP contribution in [0, 0.1) is 0 Å². The zero-order chi connectivity index (χ0) is 24.8. The number of fused-ring (bicyclic) bond motifs is 10. The third-order valence-corrected chi connectivity index (χ3v) is 7.94. The van der Waals surface area contributed by atoms with E-state index in [9.17, 15) is 0 Å².